The van der Waals surface area contributed by atoms with Crippen molar-refractivity contribution in [1.82, 2.24) is 25.6 Å². The molecule has 5 N–H and O–H groups in total. The van der Waals surface area contributed by atoms with E-state index in [0.29, 0.717) is 17.9 Å². The Kier molecular flexibility index (Phi) is 3.90. The molecule has 2 aromatic rings. The monoisotopic (exact) mass is 311 g/mol. The Hall–Kier alpha value is -1.51. The van der Waals surface area contributed by atoms with Crippen molar-refractivity contribution in [3.8, 4) is 0 Å². The van der Waals surface area contributed by atoms with Crippen LogP contribution in [0.25, 0.3) is 0 Å². The molecule has 0 radical (unpaired) electrons. The smallest absolute Gasteiger partial charge is 0.176 e. The van der Waals surface area contributed by atoms with Gasteiger partial charge in [0.15, 0.2) is 5.82 Å². The van der Waals surface area contributed by atoms with Crippen LogP contribution in [-0.2, 0) is 13.5 Å². The lowest BCUT2D eigenvalue weighted by molar-refractivity contribution is 0.537. The topological polar surface area (TPSA) is 108 Å². The lowest BCUT2D eigenvalue weighted by Gasteiger charge is -2.16. The molecule has 0 spiro atoms. The number of benzene rings is 1. The number of hydrazine groups is 1. The summed E-state index contributed by atoms with van der Waals surface area (Å²) in [5.41, 5.74) is 10.2. The Morgan fingerprint density at radius 2 is 2.28 bits per heavy atom. The molecule has 0 aliphatic carbocycles. The van der Waals surface area contributed by atoms with Gasteiger partial charge in [0.25, 0.3) is 0 Å². The quantitative estimate of drug-likeness (QED) is 0.426. The van der Waals surface area contributed by atoms with E-state index in [9.17, 15) is 0 Å². The molecule has 0 amide bonds. The molecule has 1 unspecified atom stereocenters. The van der Waals surface area contributed by atoms with Crippen LogP contribution in [0.1, 0.15) is 17.4 Å². The van der Waals surface area contributed by atoms with Crippen LogP contribution in [0.3, 0.4) is 0 Å². The predicted molar refractivity (Wildman–Crippen MR) is 71.1 cm³/mol. The summed E-state index contributed by atoms with van der Waals surface area (Å²) in [7, 11) is 1.72. The summed E-state index contributed by atoms with van der Waals surface area (Å²) in [6, 6.07) is 5.48. The first kappa shape index (κ1) is 12.9. The average Bonchev–Trinajstić information content (AvgIpc) is 2.75. The van der Waals surface area contributed by atoms with Crippen molar-refractivity contribution in [3.63, 3.8) is 0 Å². The molecule has 0 bridgehead atoms. The van der Waals surface area contributed by atoms with Gasteiger partial charge >= 0.3 is 0 Å². The van der Waals surface area contributed by atoms with E-state index < -0.39 is 0 Å². The number of halogens is 1. The van der Waals surface area contributed by atoms with E-state index in [0.717, 1.165) is 10.0 Å². The summed E-state index contributed by atoms with van der Waals surface area (Å²) in [5.74, 6) is 6.19. The van der Waals surface area contributed by atoms with Crippen LogP contribution in [-0.4, -0.2) is 20.2 Å². The summed E-state index contributed by atoms with van der Waals surface area (Å²) in [5, 5.41) is 11.8. The fourth-order valence-corrected chi connectivity index (χ4v) is 2.07. The molecule has 96 valence electrons. The second-order valence-corrected chi connectivity index (χ2v) is 4.81. The van der Waals surface area contributed by atoms with E-state index >= 15 is 0 Å². The van der Waals surface area contributed by atoms with Gasteiger partial charge in [-0.1, -0.05) is 15.9 Å². The van der Waals surface area contributed by atoms with Gasteiger partial charge < -0.3 is 5.73 Å². The van der Waals surface area contributed by atoms with Crippen LogP contribution in [0.2, 0.25) is 0 Å². The Labute approximate surface area is 113 Å². The van der Waals surface area contributed by atoms with Crippen LogP contribution in [0, 0.1) is 0 Å². The third-order valence-corrected chi connectivity index (χ3v) is 3.06. The van der Waals surface area contributed by atoms with Crippen LogP contribution in [0.4, 0.5) is 5.69 Å². The number of aromatic nitrogens is 4. The maximum absolute atomic E-state index is 5.95. The van der Waals surface area contributed by atoms with Crippen molar-refractivity contribution in [2.24, 2.45) is 12.9 Å². The van der Waals surface area contributed by atoms with Crippen LogP contribution < -0.4 is 17.0 Å². The molecule has 0 aliphatic rings. The second kappa shape index (κ2) is 5.42. The molecule has 18 heavy (non-hydrogen) atoms. The van der Waals surface area contributed by atoms with Gasteiger partial charge in [-0.3, -0.25) is 11.3 Å². The van der Waals surface area contributed by atoms with Crippen LogP contribution in [0.5, 0.6) is 0 Å². The van der Waals surface area contributed by atoms with Gasteiger partial charge in [-0.25, -0.2) is 0 Å². The zero-order valence-electron chi connectivity index (χ0n) is 9.84. The number of tetrazole rings is 1. The summed E-state index contributed by atoms with van der Waals surface area (Å²) >= 11 is 3.41. The molecular formula is C10H14BrN7. The molecule has 7 nitrogen and oxygen atoms in total. The molecular weight excluding hydrogens is 298 g/mol. The zero-order valence-corrected chi connectivity index (χ0v) is 11.4. The molecule has 2 rings (SSSR count). The van der Waals surface area contributed by atoms with Gasteiger partial charge in [0.2, 0.25) is 0 Å². The standard InChI is InChI=1S/C10H14BrN7/c1-18-16-10(15-17-18)5-9(14-13)7-4-6(11)2-3-8(7)12/h2-4,9,14H,5,12-13H2,1H3. The van der Waals surface area contributed by atoms with Crippen molar-refractivity contribution >= 4 is 21.6 Å². The Balaban J connectivity index is 2.25. The third-order valence-electron chi connectivity index (χ3n) is 2.56. The largest absolute Gasteiger partial charge is 0.398 e. The minimum atomic E-state index is -0.160. The number of nitrogens with one attached hydrogen (secondary N) is 1. The fraction of sp³-hybridized carbons (Fsp3) is 0.300. The highest BCUT2D eigenvalue weighted by atomic mass is 79.9. The van der Waals surface area contributed by atoms with Gasteiger partial charge in [0, 0.05) is 16.6 Å². The fourth-order valence-electron chi connectivity index (χ4n) is 1.69. The first-order valence-electron chi connectivity index (χ1n) is 5.34. The van der Waals surface area contributed by atoms with Crippen LogP contribution in [0.15, 0.2) is 22.7 Å². The van der Waals surface area contributed by atoms with Crippen molar-refractivity contribution in [2.45, 2.75) is 12.5 Å². The molecule has 8 heteroatoms. The van der Waals surface area contributed by atoms with Gasteiger partial charge in [-0.2, -0.15) is 4.80 Å². The Morgan fingerprint density at radius 1 is 1.50 bits per heavy atom. The highest BCUT2D eigenvalue weighted by Crippen LogP contribution is 2.25. The van der Waals surface area contributed by atoms with Crippen LogP contribution >= 0.6 is 15.9 Å². The van der Waals surface area contributed by atoms with Gasteiger partial charge in [0.05, 0.1) is 13.1 Å². The number of nitrogens with two attached hydrogens (primary N) is 2. The first-order valence-corrected chi connectivity index (χ1v) is 6.13. The van der Waals surface area contributed by atoms with Gasteiger partial charge in [-0.15, -0.1) is 10.2 Å². The molecule has 0 fully saturated rings. The van der Waals surface area contributed by atoms with Gasteiger partial charge in [-0.05, 0) is 29.0 Å². The first-order chi connectivity index (χ1) is 8.60. The molecule has 1 aromatic carbocycles. The Bertz CT molecular complexity index is 539. The second-order valence-electron chi connectivity index (χ2n) is 3.89. The molecule has 1 aromatic heterocycles. The maximum atomic E-state index is 5.95. The van der Waals surface area contributed by atoms with Crippen molar-refractivity contribution < 1.29 is 0 Å². The Morgan fingerprint density at radius 3 is 2.89 bits per heavy atom. The molecule has 0 saturated carbocycles. The summed E-state index contributed by atoms with van der Waals surface area (Å²) < 4.78 is 0.944. The molecule has 0 saturated heterocycles. The lowest BCUT2D eigenvalue weighted by atomic mass is 10.0. The third kappa shape index (κ3) is 2.84. The van der Waals surface area contributed by atoms with E-state index in [2.05, 4.69) is 36.8 Å². The van der Waals surface area contributed by atoms with Crippen molar-refractivity contribution in [3.05, 3.63) is 34.1 Å². The zero-order chi connectivity index (χ0) is 13.1. The van der Waals surface area contributed by atoms with E-state index in [1.165, 1.54) is 4.80 Å². The van der Waals surface area contributed by atoms with Crippen molar-refractivity contribution in [2.75, 3.05) is 5.73 Å². The SMILES string of the molecule is Cn1nnc(CC(NN)c2cc(Br)ccc2N)n1. The minimum absolute atomic E-state index is 0.160. The lowest BCUT2D eigenvalue weighted by Crippen LogP contribution is -2.30. The number of hydrogen-bond acceptors (Lipinski definition) is 6. The predicted octanol–water partition coefficient (Wildman–Crippen LogP) is 0.302. The number of rotatable bonds is 4. The summed E-state index contributed by atoms with van der Waals surface area (Å²) in [6.07, 6.45) is 0.519. The summed E-state index contributed by atoms with van der Waals surface area (Å²) in [6.45, 7) is 0. The number of nitrogens with zero attached hydrogens (tertiary/aromatic N) is 4. The van der Waals surface area contributed by atoms with E-state index in [1.807, 2.05) is 18.2 Å². The van der Waals surface area contributed by atoms with Crippen molar-refractivity contribution in [1.29, 1.82) is 0 Å². The highest BCUT2D eigenvalue weighted by molar-refractivity contribution is 9.10. The van der Waals surface area contributed by atoms with Gasteiger partial charge in [0.1, 0.15) is 0 Å². The number of aryl methyl sites for hydroxylation is 1. The molecule has 1 atom stereocenters. The highest BCUT2D eigenvalue weighted by Gasteiger charge is 2.16. The van der Waals surface area contributed by atoms with E-state index in [4.69, 9.17) is 11.6 Å². The van der Waals surface area contributed by atoms with E-state index in [-0.39, 0.29) is 6.04 Å². The number of anilines is 1. The molecule has 1 heterocycles. The number of nitrogen functional groups attached to an aromatic ring is 1. The average molecular weight is 312 g/mol. The minimum Gasteiger partial charge on any atom is -0.398 e. The maximum Gasteiger partial charge on any atom is 0.176 e. The number of hydrogen-bond donors (Lipinski definition) is 3. The molecule has 0 aliphatic heterocycles. The van der Waals surface area contributed by atoms with E-state index in [1.54, 1.807) is 7.05 Å². The normalized spacial score (nSPS) is 12.6. The summed E-state index contributed by atoms with van der Waals surface area (Å²) in [4.78, 5) is 1.41.